The zero-order valence-corrected chi connectivity index (χ0v) is 71.2. The number of methoxy groups -OCH3 is 1. The summed E-state index contributed by atoms with van der Waals surface area (Å²) in [7, 11) is 16.5. The lowest BCUT2D eigenvalue weighted by Crippen LogP contribution is -2.08. The van der Waals surface area contributed by atoms with Gasteiger partial charge in [-0.3, -0.25) is 26.4 Å². The first-order valence-corrected chi connectivity index (χ1v) is 39.7. The quantitative estimate of drug-likeness (QED) is 0.0239. The fourth-order valence-electron chi connectivity index (χ4n) is 12.4. The molecule has 0 bridgehead atoms. The third kappa shape index (κ3) is 21.5. The van der Waals surface area contributed by atoms with E-state index in [0.717, 1.165) is 86.0 Å². The van der Waals surface area contributed by atoms with E-state index in [9.17, 15) is 4.39 Å². The third-order valence-corrected chi connectivity index (χ3v) is 19.4. The van der Waals surface area contributed by atoms with Gasteiger partial charge < -0.3 is 73.4 Å². The Bertz CT molecular complexity index is 6370. The van der Waals surface area contributed by atoms with Gasteiger partial charge in [0, 0.05) is 178 Å². The lowest BCUT2D eigenvalue weighted by atomic mass is 10.1. The number of hydrogen-bond donors (Lipinski definition) is 12. The highest BCUT2D eigenvalue weighted by Gasteiger charge is 2.17. The van der Waals surface area contributed by atoms with Crippen molar-refractivity contribution < 1.29 is 9.13 Å². The van der Waals surface area contributed by atoms with Crippen LogP contribution in [0.4, 0.5) is 92.0 Å². The number of aryl methyl sites for hydroxylation is 2. The van der Waals surface area contributed by atoms with E-state index in [1.807, 2.05) is 177 Å². The summed E-state index contributed by atoms with van der Waals surface area (Å²) in [5, 5.41) is 88.0. The summed E-state index contributed by atoms with van der Waals surface area (Å²) in [6, 6.07) is 44.5. The van der Waals surface area contributed by atoms with Crippen LogP contribution >= 0.6 is 23.2 Å². The van der Waals surface area contributed by atoms with E-state index in [4.69, 9.17) is 27.9 Å². The largest absolute Gasteiger partial charge is 0.495 e. The second-order valence-electron chi connectivity index (χ2n) is 27.2. The maximum Gasteiger partial charge on any atom is 0.228 e. The number of nitrogens with zero attached hydrogens (tertiary/aromatic N) is 25. The van der Waals surface area contributed by atoms with E-state index in [0.29, 0.717) is 113 Å². The summed E-state index contributed by atoms with van der Waals surface area (Å²) in [6.45, 7) is 6.80. The fourth-order valence-corrected chi connectivity index (χ4v) is 12.8. The maximum atomic E-state index is 12.8. The fraction of sp³-hybridized carbons (Fsp3) is 0.205. The molecule has 0 aliphatic rings. The van der Waals surface area contributed by atoms with Crippen LogP contribution in [0.15, 0.2) is 214 Å². The van der Waals surface area contributed by atoms with Gasteiger partial charge in [0.2, 0.25) is 69.6 Å². The number of rotatable bonds is 26. The number of nitrogens with one attached hydrogen (secondary N) is 12. The molecule has 0 saturated heterocycles. The minimum Gasteiger partial charge on any atom is -0.495 e. The first-order valence-electron chi connectivity index (χ1n) is 39.0. The van der Waals surface area contributed by atoms with Crippen LogP contribution in [-0.2, 0) is 25.9 Å². The molecule has 12 N–H and O–H groups in total. The molecular weight excluding hydrogens is 1620 g/mol. The zero-order chi connectivity index (χ0) is 86.9. The second-order valence-corrected chi connectivity index (χ2v) is 28.1. The number of halogens is 3. The summed E-state index contributed by atoms with van der Waals surface area (Å²) in [5.41, 5.74) is 13.9. The molecule has 0 aliphatic heterocycles. The smallest absolute Gasteiger partial charge is 0.228 e. The van der Waals surface area contributed by atoms with Crippen LogP contribution in [0.5, 0.6) is 5.75 Å². The average Bonchev–Trinajstić information content (AvgIpc) is 1.68. The third-order valence-electron chi connectivity index (χ3n) is 18.8. The average molecular weight is 1710 g/mol. The minimum absolute atomic E-state index is 0.221. The Morgan fingerprint density at radius 1 is 0.371 bits per heavy atom. The van der Waals surface area contributed by atoms with Gasteiger partial charge in [-0.2, -0.15) is 0 Å². The van der Waals surface area contributed by atoms with Crippen LogP contribution in [0.1, 0.15) is 33.4 Å². The highest BCUT2D eigenvalue weighted by atomic mass is 35.5. The molecule has 0 aliphatic carbocycles. The Balaban J connectivity index is 0.000000128. The standard InChI is InChI=1S/C15H18N6.C14H15FN6.C14H17N7.C14H16N6O.2C13H13ClN6/c1-11-3-5-12(6-4-11)7-8-17-13-14-19-20-15(16-2)21(14)10-9-18-13;1-16-14-20-19-13-12(18-8-9-21(13)14)17-7-6-10-2-4-11(15)5-3-10;1-15-14-19-18-13-12(16-8-9-21(13)14)17-10-4-6-11(7-5-10)20(2)3;1-9-4-5-11(21-3)10(8-9)17-12-13-18-19-14(15-2)20(13)7-6-16-12;1-15-13-19-18-12-11(16-5-6-20(12)13)17-8-9-3-2-4-10(14)7-9;1-15-13-19-18-12-11(16-6-7-20(12)13)17-8-9-4-2-3-5-10(9)14/h3-6,9-10H,7-8H2,1-2H3,(H,16,20)(H,17,18);2-5,8-9H,6-7H2,1H3,(H,16,20)(H,17,18);4-9H,1-3H3,(H,15,19)(H,16,17);4-8H,1-3H3,(H,15,19)(H,16,17);2*2-7H,8H2,1H3,(H,15,19)(H,16,17). The molecular formula is C83H92Cl2FN37O. The highest BCUT2D eigenvalue weighted by molar-refractivity contribution is 6.31. The van der Waals surface area contributed by atoms with Crippen LogP contribution in [-0.4, -0.2) is 194 Å². The molecule has 0 saturated carbocycles. The normalized spacial score (nSPS) is 10.7. The van der Waals surface area contributed by atoms with Crippen LogP contribution < -0.4 is 73.4 Å². The summed E-state index contributed by atoms with van der Waals surface area (Å²) in [4.78, 5) is 27.9. The van der Waals surface area contributed by atoms with E-state index >= 15 is 0 Å². The molecule has 0 atom stereocenters. The molecule has 0 unspecified atom stereocenters. The Hall–Kier alpha value is -15.7. The molecule has 0 radical (unpaired) electrons. The van der Waals surface area contributed by atoms with Gasteiger partial charge in [-0.05, 0) is 121 Å². The van der Waals surface area contributed by atoms with Gasteiger partial charge in [0.05, 0.1) is 12.8 Å². The van der Waals surface area contributed by atoms with Crippen molar-refractivity contribution in [2.75, 3.05) is 145 Å². The van der Waals surface area contributed by atoms with Crippen molar-refractivity contribution in [3.8, 4) is 5.75 Å². The van der Waals surface area contributed by atoms with E-state index in [1.165, 1.54) is 23.3 Å². The molecule has 0 spiro atoms. The van der Waals surface area contributed by atoms with Gasteiger partial charge in [0.1, 0.15) is 11.6 Å². The van der Waals surface area contributed by atoms with Crippen molar-refractivity contribution in [2.24, 2.45) is 0 Å². The van der Waals surface area contributed by atoms with Crippen molar-refractivity contribution in [3.05, 3.63) is 263 Å². The van der Waals surface area contributed by atoms with Crippen LogP contribution in [0.2, 0.25) is 10.0 Å². The number of ether oxygens (including phenoxy) is 1. The summed E-state index contributed by atoms with van der Waals surface area (Å²) in [6.07, 6.45) is 22.8. The van der Waals surface area contributed by atoms with E-state index in [-0.39, 0.29) is 5.82 Å². The van der Waals surface area contributed by atoms with E-state index in [1.54, 1.807) is 97.0 Å². The van der Waals surface area contributed by atoms with Crippen molar-refractivity contribution in [1.82, 2.24) is 117 Å². The molecule has 18 aromatic rings. The first-order chi connectivity index (χ1) is 60.5. The Kier molecular flexibility index (Phi) is 29.1. The van der Waals surface area contributed by atoms with Gasteiger partial charge >= 0.3 is 0 Å². The lowest BCUT2D eigenvalue weighted by molar-refractivity contribution is 0.416. The molecule has 124 heavy (non-hydrogen) atoms. The number of hydrogen-bond acceptors (Lipinski definition) is 32. The molecule has 38 nitrogen and oxygen atoms in total. The topological polar surface area (TPSA) is 415 Å². The lowest BCUT2D eigenvalue weighted by Gasteiger charge is -2.13. The summed E-state index contributed by atoms with van der Waals surface area (Å²) >= 11 is 12.1. The number of anilines is 15. The van der Waals surface area contributed by atoms with Crippen LogP contribution in [0, 0.1) is 19.7 Å². The number of fused-ring (bicyclic) bond motifs is 6. The molecule has 12 aromatic heterocycles. The molecule has 636 valence electrons. The second kappa shape index (κ2) is 41.8. The highest BCUT2D eigenvalue weighted by Crippen LogP contribution is 2.31. The summed E-state index contributed by atoms with van der Waals surface area (Å²) in [5.74, 6) is 8.64. The van der Waals surface area contributed by atoms with Gasteiger partial charge in [-0.1, -0.05) is 102 Å². The van der Waals surface area contributed by atoms with Crippen LogP contribution in [0.3, 0.4) is 0 Å². The molecule has 0 amide bonds. The molecule has 18 rings (SSSR count). The number of benzene rings is 6. The SMILES string of the molecule is CNc1nnc2c(NCCc3ccc(C)cc3)nccn12.CNc1nnc2c(NCCc3ccc(F)cc3)nccn12.CNc1nnc2c(NCc3cccc(Cl)c3)nccn12.CNc1nnc2c(NCc3ccccc3Cl)nccn12.CNc1nnc2c(Nc3cc(C)ccc3OC)nccn12.CNc1nnc2c(Nc3ccc(N(C)C)cc3)nccn12. The van der Waals surface area contributed by atoms with Crippen LogP contribution in [0.25, 0.3) is 33.9 Å². The minimum atomic E-state index is -0.221. The first kappa shape index (κ1) is 86.2. The van der Waals surface area contributed by atoms with Gasteiger partial charge in [-0.25, -0.2) is 34.3 Å². The van der Waals surface area contributed by atoms with E-state index < -0.39 is 0 Å². The number of aromatic nitrogens is 24. The zero-order valence-electron chi connectivity index (χ0n) is 69.7. The molecule has 12 heterocycles. The van der Waals surface area contributed by atoms with Crippen molar-refractivity contribution in [3.63, 3.8) is 0 Å². The molecule has 6 aromatic carbocycles. The van der Waals surface area contributed by atoms with E-state index in [2.05, 4.69) is 191 Å². The predicted molar refractivity (Wildman–Crippen MR) is 487 cm³/mol. The predicted octanol–water partition coefficient (Wildman–Crippen LogP) is 13.2. The van der Waals surface area contributed by atoms with Gasteiger partial charge in [0.15, 0.2) is 34.9 Å². The van der Waals surface area contributed by atoms with Gasteiger partial charge in [-0.15, -0.1) is 61.2 Å². The monoisotopic (exact) mass is 1710 g/mol. The van der Waals surface area contributed by atoms with Crippen molar-refractivity contribution in [2.45, 2.75) is 39.8 Å². The molecule has 0 fully saturated rings. The maximum absolute atomic E-state index is 12.8. The van der Waals surface area contributed by atoms with Gasteiger partial charge in [0.25, 0.3) is 0 Å². The van der Waals surface area contributed by atoms with Crippen molar-refractivity contribution in [1.29, 1.82) is 0 Å². The summed E-state index contributed by atoms with van der Waals surface area (Å²) < 4.78 is 29.3. The Labute approximate surface area is 721 Å². The Morgan fingerprint density at radius 3 is 1.15 bits per heavy atom. The Morgan fingerprint density at radius 2 is 0.750 bits per heavy atom. The molecule has 41 heteroatoms. The van der Waals surface area contributed by atoms with Crippen molar-refractivity contribution >= 4 is 145 Å².